The molecule has 0 aliphatic carbocycles. The van der Waals surface area contributed by atoms with E-state index < -0.39 is 11.9 Å². The smallest absolute Gasteiger partial charge is 0.414 e. The standard InChI is InChI=1S/C22H28N2O5.C2H2O4/c1-25-18-6-4-5-17(21(18)27-3)14-24-9-7-23(8-10-24)13-16-11-19(26-2)22-20(12-16)28-15-29-22;3-1(4)2(5)6/h4-6,11-12H,7-10,13-15H2,1-3H3;(H,3,4)(H,5,6). The van der Waals surface area contributed by atoms with E-state index >= 15 is 0 Å². The van der Waals surface area contributed by atoms with Crippen LogP contribution in [0.5, 0.6) is 28.7 Å². The van der Waals surface area contributed by atoms with Crippen LogP contribution in [0, 0.1) is 0 Å². The summed E-state index contributed by atoms with van der Waals surface area (Å²) in [6.07, 6.45) is 0. The highest BCUT2D eigenvalue weighted by Gasteiger charge is 2.23. The third kappa shape index (κ3) is 6.67. The Bertz CT molecular complexity index is 1020. The topological polar surface area (TPSA) is 127 Å². The van der Waals surface area contributed by atoms with Gasteiger partial charge in [0.2, 0.25) is 12.5 Å². The van der Waals surface area contributed by atoms with Crippen LogP contribution < -0.4 is 23.7 Å². The van der Waals surface area contributed by atoms with Crippen LogP contribution in [0.15, 0.2) is 30.3 Å². The fourth-order valence-electron chi connectivity index (χ4n) is 3.96. The summed E-state index contributed by atoms with van der Waals surface area (Å²) >= 11 is 0. The molecule has 11 nitrogen and oxygen atoms in total. The van der Waals surface area contributed by atoms with Crippen molar-refractivity contribution >= 4 is 11.9 Å². The number of hydrogen-bond acceptors (Lipinski definition) is 9. The second kappa shape index (κ2) is 12.1. The van der Waals surface area contributed by atoms with E-state index in [2.05, 4.69) is 21.9 Å². The van der Waals surface area contributed by atoms with Crippen LogP contribution in [0.2, 0.25) is 0 Å². The van der Waals surface area contributed by atoms with E-state index in [-0.39, 0.29) is 6.79 Å². The van der Waals surface area contributed by atoms with Gasteiger partial charge < -0.3 is 33.9 Å². The minimum atomic E-state index is -1.82. The first-order chi connectivity index (χ1) is 16.9. The monoisotopic (exact) mass is 490 g/mol. The van der Waals surface area contributed by atoms with E-state index in [1.807, 2.05) is 18.2 Å². The van der Waals surface area contributed by atoms with Crippen molar-refractivity contribution in [3.8, 4) is 28.7 Å². The molecule has 0 saturated carbocycles. The SMILES string of the molecule is COc1cccc(CN2CCN(Cc3cc(OC)c4c(c3)OCO4)CC2)c1OC.O=C(O)C(=O)O. The number of carboxylic acids is 2. The number of para-hydroxylation sites is 1. The predicted octanol–water partition coefficient (Wildman–Crippen LogP) is 1.91. The van der Waals surface area contributed by atoms with Gasteiger partial charge in [0.15, 0.2) is 23.0 Å². The summed E-state index contributed by atoms with van der Waals surface area (Å²) in [4.78, 5) is 23.1. The van der Waals surface area contributed by atoms with Crippen LogP contribution in [0.3, 0.4) is 0 Å². The third-order valence-electron chi connectivity index (χ3n) is 5.65. The van der Waals surface area contributed by atoms with Gasteiger partial charge in [0.1, 0.15) is 0 Å². The average molecular weight is 491 g/mol. The molecule has 0 atom stereocenters. The van der Waals surface area contributed by atoms with Gasteiger partial charge in [-0.3, -0.25) is 9.80 Å². The fraction of sp³-hybridized carbons (Fsp3) is 0.417. The van der Waals surface area contributed by atoms with Gasteiger partial charge in [-0.15, -0.1) is 0 Å². The summed E-state index contributed by atoms with van der Waals surface area (Å²) in [7, 11) is 5.02. The molecule has 2 aliphatic rings. The van der Waals surface area contributed by atoms with Gasteiger partial charge in [0, 0.05) is 44.8 Å². The van der Waals surface area contributed by atoms with Crippen molar-refractivity contribution in [3.63, 3.8) is 0 Å². The molecule has 2 aliphatic heterocycles. The largest absolute Gasteiger partial charge is 0.493 e. The number of methoxy groups -OCH3 is 3. The van der Waals surface area contributed by atoms with Gasteiger partial charge in [-0.25, -0.2) is 9.59 Å². The molecule has 0 unspecified atom stereocenters. The van der Waals surface area contributed by atoms with Crippen LogP contribution in [-0.2, 0) is 22.7 Å². The summed E-state index contributed by atoms with van der Waals surface area (Å²) in [6, 6.07) is 10.1. The third-order valence-corrected chi connectivity index (χ3v) is 5.65. The molecule has 2 heterocycles. The molecular formula is C24H30N2O9. The summed E-state index contributed by atoms with van der Waals surface area (Å²) in [6.45, 7) is 5.98. The Morgan fingerprint density at radius 2 is 1.49 bits per heavy atom. The lowest BCUT2D eigenvalue weighted by Gasteiger charge is -2.35. The molecule has 2 aromatic carbocycles. The maximum absolute atomic E-state index is 9.10. The number of aliphatic carboxylic acids is 2. The Hall–Kier alpha value is -3.70. The van der Waals surface area contributed by atoms with Crippen LogP contribution in [0.1, 0.15) is 11.1 Å². The Morgan fingerprint density at radius 1 is 0.857 bits per heavy atom. The summed E-state index contributed by atoms with van der Waals surface area (Å²) in [5.74, 6) is 0.158. The normalized spacial score (nSPS) is 15.1. The van der Waals surface area contributed by atoms with Crippen LogP contribution in [0.25, 0.3) is 0 Å². The maximum atomic E-state index is 9.10. The van der Waals surface area contributed by atoms with Crippen molar-refractivity contribution in [3.05, 3.63) is 41.5 Å². The minimum absolute atomic E-state index is 0.252. The van der Waals surface area contributed by atoms with Crippen LogP contribution >= 0.6 is 0 Å². The minimum Gasteiger partial charge on any atom is -0.493 e. The van der Waals surface area contributed by atoms with Crippen molar-refractivity contribution in [2.45, 2.75) is 13.1 Å². The van der Waals surface area contributed by atoms with Gasteiger partial charge >= 0.3 is 11.9 Å². The molecule has 0 aromatic heterocycles. The number of carboxylic acid groups (broad SMARTS) is 2. The van der Waals surface area contributed by atoms with Crippen LogP contribution in [0.4, 0.5) is 0 Å². The Labute approximate surface area is 203 Å². The van der Waals surface area contributed by atoms with Gasteiger partial charge in [0.05, 0.1) is 21.3 Å². The zero-order chi connectivity index (χ0) is 25.4. The van der Waals surface area contributed by atoms with E-state index in [0.29, 0.717) is 5.75 Å². The van der Waals surface area contributed by atoms with E-state index in [4.69, 9.17) is 43.5 Å². The van der Waals surface area contributed by atoms with E-state index in [1.165, 1.54) is 5.56 Å². The number of benzene rings is 2. The molecule has 0 amide bonds. The molecule has 35 heavy (non-hydrogen) atoms. The summed E-state index contributed by atoms with van der Waals surface area (Å²) in [5.41, 5.74) is 2.33. The van der Waals surface area contributed by atoms with Gasteiger partial charge in [-0.1, -0.05) is 12.1 Å². The molecule has 1 fully saturated rings. The highest BCUT2D eigenvalue weighted by Crippen LogP contribution is 2.42. The lowest BCUT2D eigenvalue weighted by Crippen LogP contribution is -2.45. The lowest BCUT2D eigenvalue weighted by atomic mass is 10.1. The van der Waals surface area contributed by atoms with Gasteiger partial charge in [-0.2, -0.15) is 0 Å². The van der Waals surface area contributed by atoms with Crippen molar-refractivity contribution in [2.75, 3.05) is 54.3 Å². The zero-order valence-electron chi connectivity index (χ0n) is 20.0. The van der Waals surface area contributed by atoms with E-state index in [0.717, 1.165) is 67.8 Å². The summed E-state index contributed by atoms with van der Waals surface area (Å²) < 4.78 is 27.5. The Morgan fingerprint density at radius 3 is 2.06 bits per heavy atom. The highest BCUT2D eigenvalue weighted by atomic mass is 16.7. The quantitative estimate of drug-likeness (QED) is 0.553. The maximum Gasteiger partial charge on any atom is 0.414 e. The number of hydrogen-bond donors (Lipinski definition) is 2. The second-order valence-corrected chi connectivity index (χ2v) is 7.85. The predicted molar refractivity (Wildman–Crippen MR) is 124 cm³/mol. The van der Waals surface area contributed by atoms with E-state index in [1.54, 1.807) is 21.3 Å². The lowest BCUT2D eigenvalue weighted by molar-refractivity contribution is -0.159. The molecule has 1 saturated heterocycles. The van der Waals surface area contributed by atoms with Crippen molar-refractivity contribution in [2.24, 2.45) is 0 Å². The van der Waals surface area contributed by atoms with Gasteiger partial charge in [0.25, 0.3) is 0 Å². The summed E-state index contributed by atoms with van der Waals surface area (Å²) in [5, 5.41) is 14.8. The molecule has 190 valence electrons. The molecule has 0 radical (unpaired) electrons. The Balaban J connectivity index is 0.000000509. The molecule has 0 spiro atoms. The van der Waals surface area contributed by atoms with Crippen molar-refractivity contribution in [1.82, 2.24) is 9.80 Å². The van der Waals surface area contributed by atoms with Gasteiger partial charge in [-0.05, 0) is 23.8 Å². The fourth-order valence-corrected chi connectivity index (χ4v) is 3.96. The molecular weight excluding hydrogens is 460 g/mol. The number of nitrogens with zero attached hydrogens (tertiary/aromatic N) is 2. The number of carbonyl (C=O) groups is 2. The van der Waals surface area contributed by atoms with E-state index in [9.17, 15) is 0 Å². The number of fused-ring (bicyclic) bond motifs is 1. The zero-order valence-corrected chi connectivity index (χ0v) is 20.0. The molecule has 11 heteroatoms. The van der Waals surface area contributed by atoms with Crippen molar-refractivity contribution < 1.29 is 43.5 Å². The second-order valence-electron chi connectivity index (χ2n) is 7.85. The van der Waals surface area contributed by atoms with Crippen LogP contribution in [-0.4, -0.2) is 86.3 Å². The first-order valence-corrected chi connectivity index (χ1v) is 10.9. The highest BCUT2D eigenvalue weighted by molar-refractivity contribution is 6.27. The first-order valence-electron chi connectivity index (χ1n) is 10.9. The number of ether oxygens (including phenoxy) is 5. The molecule has 4 rings (SSSR count). The van der Waals surface area contributed by atoms with Crippen molar-refractivity contribution in [1.29, 1.82) is 0 Å². The molecule has 2 aromatic rings. The number of rotatable bonds is 7. The number of piperazine rings is 1. The molecule has 2 N–H and O–H groups in total. The molecule has 0 bridgehead atoms. The first kappa shape index (κ1) is 25.9. The Kier molecular flexibility index (Phi) is 8.98. The average Bonchev–Trinajstić information content (AvgIpc) is 3.33.